The van der Waals surface area contributed by atoms with Crippen molar-refractivity contribution in [2.24, 2.45) is 5.41 Å². The summed E-state index contributed by atoms with van der Waals surface area (Å²) in [6, 6.07) is 13.5. The van der Waals surface area contributed by atoms with E-state index in [1.54, 1.807) is 11.8 Å². The first-order valence-corrected chi connectivity index (χ1v) is 8.95. The van der Waals surface area contributed by atoms with E-state index in [-0.39, 0.29) is 11.3 Å². The second-order valence-electron chi connectivity index (χ2n) is 7.26. The van der Waals surface area contributed by atoms with Gasteiger partial charge in [-0.3, -0.25) is 9.69 Å². The lowest BCUT2D eigenvalue weighted by Gasteiger charge is -2.23. The van der Waals surface area contributed by atoms with Gasteiger partial charge in [-0.05, 0) is 45.6 Å². The zero-order valence-corrected chi connectivity index (χ0v) is 16.4. The Labute approximate surface area is 155 Å². The SMILES string of the molecule is CC(=O)N(c1ccccc1)c1ccc2c(nnn2CC(C)(C)C)c1Br. The number of fused-ring (bicyclic) bond motifs is 1. The van der Waals surface area contributed by atoms with Crippen molar-refractivity contribution < 1.29 is 4.79 Å². The van der Waals surface area contributed by atoms with Crippen LogP contribution in [-0.2, 0) is 11.3 Å². The van der Waals surface area contributed by atoms with Crippen molar-refractivity contribution in [3.8, 4) is 0 Å². The van der Waals surface area contributed by atoms with Crippen molar-refractivity contribution in [3.63, 3.8) is 0 Å². The fourth-order valence-corrected chi connectivity index (χ4v) is 3.39. The van der Waals surface area contributed by atoms with E-state index in [4.69, 9.17) is 0 Å². The van der Waals surface area contributed by atoms with E-state index in [2.05, 4.69) is 47.0 Å². The molecule has 1 amide bonds. The minimum atomic E-state index is -0.0617. The molecule has 130 valence electrons. The molecule has 0 atom stereocenters. The van der Waals surface area contributed by atoms with E-state index in [0.717, 1.165) is 33.4 Å². The average molecular weight is 401 g/mol. The van der Waals surface area contributed by atoms with Gasteiger partial charge in [0.1, 0.15) is 5.52 Å². The number of para-hydroxylation sites is 1. The Hall–Kier alpha value is -2.21. The van der Waals surface area contributed by atoms with Gasteiger partial charge < -0.3 is 0 Å². The molecule has 0 aliphatic rings. The molecule has 6 heteroatoms. The number of nitrogens with zero attached hydrogens (tertiary/aromatic N) is 4. The van der Waals surface area contributed by atoms with Gasteiger partial charge in [-0.1, -0.05) is 44.2 Å². The Bertz CT molecular complexity index is 912. The van der Waals surface area contributed by atoms with Crippen LogP contribution in [0.3, 0.4) is 0 Å². The maximum absolute atomic E-state index is 12.3. The maximum atomic E-state index is 12.3. The number of halogens is 1. The predicted octanol–water partition coefficient (Wildman–Crippen LogP) is 4.92. The Morgan fingerprint density at radius 2 is 1.84 bits per heavy atom. The van der Waals surface area contributed by atoms with Gasteiger partial charge in [0.25, 0.3) is 0 Å². The van der Waals surface area contributed by atoms with Crippen LogP contribution >= 0.6 is 15.9 Å². The molecular weight excluding hydrogens is 380 g/mol. The molecule has 3 aromatic rings. The molecule has 0 saturated heterocycles. The third-order valence-electron chi connectivity index (χ3n) is 3.80. The van der Waals surface area contributed by atoms with Gasteiger partial charge in [-0.25, -0.2) is 4.68 Å². The Kier molecular flexibility index (Phi) is 4.64. The molecule has 2 aromatic carbocycles. The van der Waals surface area contributed by atoms with E-state index >= 15 is 0 Å². The highest BCUT2D eigenvalue weighted by molar-refractivity contribution is 9.10. The number of hydrogen-bond acceptors (Lipinski definition) is 3. The Morgan fingerprint density at radius 1 is 1.16 bits per heavy atom. The van der Waals surface area contributed by atoms with Crippen molar-refractivity contribution in [2.75, 3.05) is 4.90 Å². The number of benzene rings is 2. The summed E-state index contributed by atoms with van der Waals surface area (Å²) in [5, 5.41) is 8.62. The van der Waals surface area contributed by atoms with E-state index in [1.165, 1.54) is 0 Å². The van der Waals surface area contributed by atoms with Crippen molar-refractivity contribution in [2.45, 2.75) is 34.2 Å². The lowest BCUT2D eigenvalue weighted by Crippen LogP contribution is -2.23. The minimum absolute atomic E-state index is 0.0617. The number of amides is 1. The fraction of sp³-hybridized carbons (Fsp3) is 0.316. The standard InChI is InChI=1S/C19H21BrN4O/c1-13(25)24(14-8-6-5-7-9-14)15-10-11-16-18(17(15)20)21-22-23(16)12-19(2,3)4/h5-11H,12H2,1-4H3. The van der Waals surface area contributed by atoms with Gasteiger partial charge in [0.05, 0.1) is 15.7 Å². The summed E-state index contributed by atoms with van der Waals surface area (Å²) >= 11 is 3.63. The number of hydrogen-bond donors (Lipinski definition) is 0. The van der Waals surface area contributed by atoms with Crippen LogP contribution in [0.25, 0.3) is 11.0 Å². The first-order chi connectivity index (χ1) is 11.8. The van der Waals surface area contributed by atoms with Crippen LogP contribution in [0.15, 0.2) is 46.9 Å². The summed E-state index contributed by atoms with van der Waals surface area (Å²) in [4.78, 5) is 14.0. The van der Waals surface area contributed by atoms with Gasteiger partial charge >= 0.3 is 0 Å². The second-order valence-corrected chi connectivity index (χ2v) is 8.06. The predicted molar refractivity (Wildman–Crippen MR) is 104 cm³/mol. The van der Waals surface area contributed by atoms with Crippen molar-refractivity contribution in [3.05, 3.63) is 46.9 Å². The molecule has 0 aliphatic carbocycles. The molecule has 0 radical (unpaired) electrons. The lowest BCUT2D eigenvalue weighted by atomic mass is 9.97. The first-order valence-electron chi connectivity index (χ1n) is 8.15. The fourth-order valence-electron chi connectivity index (χ4n) is 2.80. The highest BCUT2D eigenvalue weighted by atomic mass is 79.9. The van der Waals surface area contributed by atoms with E-state index < -0.39 is 0 Å². The molecule has 1 aromatic heterocycles. The average Bonchev–Trinajstić information content (AvgIpc) is 2.92. The monoisotopic (exact) mass is 400 g/mol. The van der Waals surface area contributed by atoms with E-state index in [1.807, 2.05) is 47.1 Å². The first kappa shape index (κ1) is 17.6. The summed E-state index contributed by atoms with van der Waals surface area (Å²) in [5.41, 5.74) is 3.37. The van der Waals surface area contributed by atoms with Gasteiger partial charge in [0.2, 0.25) is 5.91 Å². The van der Waals surface area contributed by atoms with Crippen LogP contribution in [-0.4, -0.2) is 20.9 Å². The number of carbonyl (C=O) groups excluding carboxylic acids is 1. The van der Waals surface area contributed by atoms with E-state index in [0.29, 0.717) is 0 Å². The Balaban J connectivity index is 2.11. The zero-order chi connectivity index (χ0) is 18.2. The number of aromatic nitrogens is 3. The van der Waals surface area contributed by atoms with Gasteiger partial charge in [0, 0.05) is 19.2 Å². The molecule has 0 spiro atoms. The molecule has 0 N–H and O–H groups in total. The largest absolute Gasteiger partial charge is 0.280 e. The van der Waals surface area contributed by atoms with Gasteiger partial charge in [-0.15, -0.1) is 5.10 Å². The molecular formula is C19H21BrN4O. The smallest absolute Gasteiger partial charge is 0.228 e. The van der Waals surface area contributed by atoms with Crippen LogP contribution in [0.4, 0.5) is 11.4 Å². The quantitative estimate of drug-likeness (QED) is 0.626. The highest BCUT2D eigenvalue weighted by Gasteiger charge is 2.21. The molecule has 0 bridgehead atoms. The summed E-state index contributed by atoms with van der Waals surface area (Å²) in [7, 11) is 0. The molecule has 0 fully saturated rings. The summed E-state index contributed by atoms with van der Waals surface area (Å²) in [6.07, 6.45) is 0. The summed E-state index contributed by atoms with van der Waals surface area (Å²) in [6.45, 7) is 8.81. The number of anilines is 2. The van der Waals surface area contributed by atoms with Crippen LogP contribution in [0, 0.1) is 5.41 Å². The Morgan fingerprint density at radius 3 is 2.44 bits per heavy atom. The third-order valence-corrected chi connectivity index (χ3v) is 4.58. The topological polar surface area (TPSA) is 51.0 Å². The van der Waals surface area contributed by atoms with Crippen molar-refractivity contribution >= 4 is 44.2 Å². The minimum Gasteiger partial charge on any atom is -0.280 e. The summed E-state index contributed by atoms with van der Waals surface area (Å²) in [5.74, 6) is -0.0617. The van der Waals surface area contributed by atoms with Crippen LogP contribution in [0.2, 0.25) is 0 Å². The number of carbonyl (C=O) groups is 1. The molecule has 0 saturated carbocycles. The normalized spacial score (nSPS) is 11.7. The zero-order valence-electron chi connectivity index (χ0n) is 14.8. The van der Waals surface area contributed by atoms with Crippen LogP contribution < -0.4 is 4.90 Å². The molecule has 0 unspecified atom stereocenters. The van der Waals surface area contributed by atoms with Crippen molar-refractivity contribution in [1.82, 2.24) is 15.0 Å². The molecule has 0 aliphatic heterocycles. The lowest BCUT2D eigenvalue weighted by molar-refractivity contribution is -0.115. The molecule has 1 heterocycles. The van der Waals surface area contributed by atoms with Crippen LogP contribution in [0.5, 0.6) is 0 Å². The highest BCUT2D eigenvalue weighted by Crippen LogP contribution is 2.37. The second kappa shape index (κ2) is 6.59. The summed E-state index contributed by atoms with van der Waals surface area (Å²) < 4.78 is 2.68. The van der Waals surface area contributed by atoms with E-state index in [9.17, 15) is 4.79 Å². The molecule has 3 rings (SSSR count). The van der Waals surface area contributed by atoms with Gasteiger partial charge in [-0.2, -0.15) is 0 Å². The molecule has 25 heavy (non-hydrogen) atoms. The molecule has 5 nitrogen and oxygen atoms in total. The van der Waals surface area contributed by atoms with Gasteiger partial charge in [0.15, 0.2) is 0 Å². The number of rotatable bonds is 3. The third kappa shape index (κ3) is 3.58. The van der Waals surface area contributed by atoms with Crippen LogP contribution in [0.1, 0.15) is 27.7 Å². The maximum Gasteiger partial charge on any atom is 0.228 e. The van der Waals surface area contributed by atoms with Crippen molar-refractivity contribution in [1.29, 1.82) is 0 Å².